The Bertz CT molecular complexity index is 466. The highest BCUT2D eigenvalue weighted by Crippen LogP contribution is 2.24. The van der Waals surface area contributed by atoms with Gasteiger partial charge in [-0.05, 0) is 59.9 Å². The van der Waals surface area contributed by atoms with Gasteiger partial charge in [-0.25, -0.2) is 0 Å². The van der Waals surface area contributed by atoms with Gasteiger partial charge < -0.3 is 9.73 Å². The number of nitrogens with one attached hydrogen (secondary N) is 1. The summed E-state index contributed by atoms with van der Waals surface area (Å²) in [5.41, 5.74) is 1.40. The molecule has 1 N–H and O–H groups in total. The van der Waals surface area contributed by atoms with Crippen LogP contribution in [0.5, 0.6) is 0 Å². The molecule has 0 aliphatic carbocycles. The Morgan fingerprint density at radius 2 is 1.94 bits per heavy atom. The van der Waals surface area contributed by atoms with Gasteiger partial charge in [-0.2, -0.15) is 0 Å². The Balaban J connectivity index is 1.85. The van der Waals surface area contributed by atoms with Crippen molar-refractivity contribution in [2.24, 2.45) is 0 Å². The molecule has 0 saturated carbocycles. The van der Waals surface area contributed by atoms with Gasteiger partial charge in [-0.3, -0.25) is 0 Å². The highest BCUT2D eigenvalue weighted by atomic mass is 79.9. The van der Waals surface area contributed by atoms with Crippen LogP contribution in [0.15, 0.2) is 51.6 Å². The molecule has 1 atom stereocenters. The number of halogens is 1. The lowest BCUT2D eigenvalue weighted by Gasteiger charge is -2.13. The first-order valence-electron chi connectivity index (χ1n) is 6.26. The predicted molar refractivity (Wildman–Crippen MR) is 77.6 cm³/mol. The van der Waals surface area contributed by atoms with Crippen LogP contribution in [0.2, 0.25) is 0 Å². The van der Waals surface area contributed by atoms with Crippen molar-refractivity contribution in [3.63, 3.8) is 0 Å². The van der Waals surface area contributed by atoms with Gasteiger partial charge in [0.25, 0.3) is 0 Å². The van der Waals surface area contributed by atoms with Gasteiger partial charge in [0.05, 0.1) is 6.04 Å². The third-order valence-electron chi connectivity index (χ3n) is 3.09. The standard InChI is InChI=1S/C15H18BrNO/c1-17-13(14-10-11-15(16)18-14)9-5-8-12-6-3-2-4-7-12/h2-4,6-7,10-11,13,17H,5,8-9H2,1H3. The van der Waals surface area contributed by atoms with E-state index in [-0.39, 0.29) is 0 Å². The van der Waals surface area contributed by atoms with E-state index in [0.717, 1.165) is 29.7 Å². The second-order valence-electron chi connectivity index (χ2n) is 4.36. The van der Waals surface area contributed by atoms with Crippen LogP contribution in [0.4, 0.5) is 0 Å². The predicted octanol–water partition coefficient (Wildman–Crippen LogP) is 4.33. The fourth-order valence-electron chi connectivity index (χ4n) is 2.10. The second-order valence-corrected chi connectivity index (χ2v) is 5.14. The Morgan fingerprint density at radius 1 is 1.17 bits per heavy atom. The van der Waals surface area contributed by atoms with Gasteiger partial charge in [-0.1, -0.05) is 30.3 Å². The molecule has 0 saturated heterocycles. The number of rotatable bonds is 6. The molecule has 1 aromatic heterocycles. The highest BCUT2D eigenvalue weighted by Gasteiger charge is 2.12. The van der Waals surface area contributed by atoms with Gasteiger partial charge in [0.1, 0.15) is 5.76 Å². The van der Waals surface area contributed by atoms with Crippen LogP contribution < -0.4 is 5.32 Å². The van der Waals surface area contributed by atoms with E-state index in [1.165, 1.54) is 5.56 Å². The fourth-order valence-corrected chi connectivity index (χ4v) is 2.42. The number of hydrogen-bond donors (Lipinski definition) is 1. The molecule has 1 aromatic carbocycles. The molecule has 0 radical (unpaired) electrons. The van der Waals surface area contributed by atoms with Crippen LogP contribution in [-0.2, 0) is 6.42 Å². The monoisotopic (exact) mass is 307 g/mol. The average Bonchev–Trinajstić information content (AvgIpc) is 2.82. The van der Waals surface area contributed by atoms with E-state index in [4.69, 9.17) is 4.42 Å². The molecular formula is C15H18BrNO. The molecule has 2 nitrogen and oxygen atoms in total. The normalized spacial score (nSPS) is 12.6. The molecule has 0 fully saturated rings. The van der Waals surface area contributed by atoms with Gasteiger partial charge in [0.15, 0.2) is 4.67 Å². The van der Waals surface area contributed by atoms with Crippen molar-refractivity contribution >= 4 is 15.9 Å². The fraction of sp³-hybridized carbons (Fsp3) is 0.333. The van der Waals surface area contributed by atoms with Crippen LogP contribution in [0.1, 0.15) is 30.2 Å². The first-order chi connectivity index (χ1) is 8.79. The van der Waals surface area contributed by atoms with E-state index >= 15 is 0 Å². The summed E-state index contributed by atoms with van der Waals surface area (Å²) in [6.45, 7) is 0. The maximum atomic E-state index is 5.59. The average molecular weight is 308 g/mol. The molecule has 1 unspecified atom stereocenters. The zero-order chi connectivity index (χ0) is 12.8. The lowest BCUT2D eigenvalue weighted by Crippen LogP contribution is -2.15. The molecular weight excluding hydrogens is 290 g/mol. The van der Waals surface area contributed by atoms with Crippen LogP contribution >= 0.6 is 15.9 Å². The second kappa shape index (κ2) is 6.76. The molecule has 3 heteroatoms. The van der Waals surface area contributed by atoms with Crippen LogP contribution in [0.3, 0.4) is 0 Å². The Hall–Kier alpha value is -1.06. The van der Waals surface area contributed by atoms with E-state index in [0.29, 0.717) is 6.04 Å². The quantitative estimate of drug-likeness (QED) is 0.859. The molecule has 96 valence electrons. The maximum Gasteiger partial charge on any atom is 0.169 e. The lowest BCUT2D eigenvalue weighted by molar-refractivity contribution is 0.397. The minimum atomic E-state index is 0.292. The Morgan fingerprint density at radius 3 is 2.56 bits per heavy atom. The summed E-state index contributed by atoms with van der Waals surface area (Å²) >= 11 is 3.34. The summed E-state index contributed by atoms with van der Waals surface area (Å²) in [4.78, 5) is 0. The third-order valence-corrected chi connectivity index (χ3v) is 3.51. The summed E-state index contributed by atoms with van der Waals surface area (Å²) in [6, 6.07) is 14.9. The van der Waals surface area contributed by atoms with Crippen molar-refractivity contribution in [2.45, 2.75) is 25.3 Å². The van der Waals surface area contributed by atoms with Crippen molar-refractivity contribution in [3.05, 3.63) is 58.5 Å². The molecule has 0 aliphatic heterocycles. The number of benzene rings is 1. The topological polar surface area (TPSA) is 25.2 Å². The van der Waals surface area contributed by atoms with Crippen LogP contribution in [-0.4, -0.2) is 7.05 Å². The van der Waals surface area contributed by atoms with Gasteiger partial charge in [0, 0.05) is 0 Å². The zero-order valence-corrected chi connectivity index (χ0v) is 12.1. The van der Waals surface area contributed by atoms with Gasteiger partial charge in [-0.15, -0.1) is 0 Å². The summed E-state index contributed by atoms with van der Waals surface area (Å²) < 4.78 is 6.39. The molecule has 2 aromatic rings. The summed E-state index contributed by atoms with van der Waals surface area (Å²) in [5.74, 6) is 0.998. The van der Waals surface area contributed by atoms with Gasteiger partial charge >= 0.3 is 0 Å². The molecule has 0 aliphatic rings. The van der Waals surface area contributed by atoms with Crippen LogP contribution in [0, 0.1) is 0 Å². The van der Waals surface area contributed by atoms with E-state index in [1.54, 1.807) is 0 Å². The van der Waals surface area contributed by atoms with Crippen molar-refractivity contribution < 1.29 is 4.42 Å². The van der Waals surface area contributed by atoms with E-state index in [2.05, 4.69) is 51.6 Å². The minimum absolute atomic E-state index is 0.292. The first-order valence-corrected chi connectivity index (χ1v) is 7.05. The zero-order valence-electron chi connectivity index (χ0n) is 10.5. The van der Waals surface area contributed by atoms with E-state index in [1.807, 2.05) is 19.2 Å². The number of aryl methyl sites for hydroxylation is 1. The Labute approximate surface area is 117 Å². The summed E-state index contributed by atoms with van der Waals surface area (Å²) in [5, 5.41) is 3.30. The number of furan rings is 1. The third kappa shape index (κ3) is 3.72. The van der Waals surface area contributed by atoms with Gasteiger partial charge in [0.2, 0.25) is 0 Å². The molecule has 0 bridgehead atoms. The lowest BCUT2D eigenvalue weighted by atomic mass is 10.0. The largest absolute Gasteiger partial charge is 0.453 e. The summed E-state index contributed by atoms with van der Waals surface area (Å²) in [7, 11) is 1.98. The summed E-state index contributed by atoms with van der Waals surface area (Å²) in [6.07, 6.45) is 3.33. The molecule has 0 spiro atoms. The van der Waals surface area contributed by atoms with Crippen molar-refractivity contribution in [1.82, 2.24) is 5.32 Å². The molecule has 18 heavy (non-hydrogen) atoms. The van der Waals surface area contributed by atoms with Crippen molar-refractivity contribution in [2.75, 3.05) is 7.05 Å². The number of hydrogen-bond acceptors (Lipinski definition) is 2. The molecule has 2 rings (SSSR count). The van der Waals surface area contributed by atoms with E-state index in [9.17, 15) is 0 Å². The van der Waals surface area contributed by atoms with Crippen molar-refractivity contribution in [3.8, 4) is 0 Å². The van der Waals surface area contributed by atoms with Crippen molar-refractivity contribution in [1.29, 1.82) is 0 Å². The highest BCUT2D eigenvalue weighted by molar-refractivity contribution is 9.10. The SMILES string of the molecule is CNC(CCCc1ccccc1)c1ccc(Br)o1. The van der Waals surface area contributed by atoms with E-state index < -0.39 is 0 Å². The Kier molecular flexibility index (Phi) is 5.02. The smallest absolute Gasteiger partial charge is 0.169 e. The molecule has 1 heterocycles. The minimum Gasteiger partial charge on any atom is -0.453 e. The maximum absolute atomic E-state index is 5.59. The first kappa shape index (κ1) is 13.4. The molecule has 0 amide bonds. The van der Waals surface area contributed by atoms with Crippen LogP contribution in [0.25, 0.3) is 0 Å².